The molecule has 3 aromatic carbocycles. The lowest BCUT2D eigenvalue weighted by atomic mass is 10.0. The fraction of sp³-hybridized carbons (Fsp3) is 0.238. The molecule has 2 atom stereocenters. The van der Waals surface area contributed by atoms with E-state index in [1.165, 1.54) is 89.2 Å². The number of carbonyl (C=O) groups excluding carboxylic acids is 4. The van der Waals surface area contributed by atoms with Crippen LogP contribution in [0, 0.1) is 23.3 Å². The van der Waals surface area contributed by atoms with Crippen LogP contribution in [0.4, 0.5) is 40.3 Å². The van der Waals surface area contributed by atoms with Crippen molar-refractivity contribution in [2.24, 2.45) is 0 Å². The quantitative estimate of drug-likeness (QED) is 0.139. The third-order valence-electron chi connectivity index (χ3n) is 9.84. The molecule has 6 rings (SSSR count). The summed E-state index contributed by atoms with van der Waals surface area (Å²) in [6.07, 6.45) is 1.84. The van der Waals surface area contributed by atoms with Crippen LogP contribution in [0.1, 0.15) is 11.1 Å². The SMILES string of the molecule is COc1ccc(N(C)C(=O)[C@H](Cc2cc(F)cc(F)c2)NC(=O)CN2c3ccccc3N(CC(=O)N[C@@H](Cc3cc(F)cc(F)c3)C(=O)N(C)c3ccc(OC)nc3)S2(=O)=O)cn1. The van der Waals surface area contributed by atoms with Crippen LogP contribution in [0.2, 0.25) is 0 Å². The van der Waals surface area contributed by atoms with Gasteiger partial charge in [-0.05, 0) is 59.7 Å². The highest BCUT2D eigenvalue weighted by Gasteiger charge is 2.43. The van der Waals surface area contributed by atoms with Crippen molar-refractivity contribution in [3.8, 4) is 11.8 Å². The first kappa shape index (κ1) is 45.2. The van der Waals surface area contributed by atoms with E-state index in [1.54, 1.807) is 0 Å². The Bertz CT molecular complexity index is 2410. The molecule has 0 spiro atoms. The maximum Gasteiger partial charge on any atom is 0.327 e. The third-order valence-corrected chi connectivity index (χ3v) is 11.6. The summed E-state index contributed by atoms with van der Waals surface area (Å²) >= 11 is 0. The first-order valence-corrected chi connectivity index (χ1v) is 20.3. The number of aromatic nitrogens is 2. The third kappa shape index (κ3) is 10.6. The van der Waals surface area contributed by atoms with E-state index < -0.39 is 95.1 Å². The van der Waals surface area contributed by atoms with E-state index in [4.69, 9.17) is 9.47 Å². The number of amides is 4. The van der Waals surface area contributed by atoms with Gasteiger partial charge in [-0.1, -0.05) is 12.1 Å². The Morgan fingerprint density at radius 3 is 1.30 bits per heavy atom. The second kappa shape index (κ2) is 19.2. The first-order chi connectivity index (χ1) is 30.0. The van der Waals surface area contributed by atoms with Gasteiger partial charge < -0.3 is 29.9 Å². The summed E-state index contributed by atoms with van der Waals surface area (Å²) in [6.45, 7) is -1.83. The van der Waals surface area contributed by atoms with Gasteiger partial charge in [0.15, 0.2) is 0 Å². The number of carbonyl (C=O) groups is 4. The number of likely N-dealkylation sites (N-methyl/N-ethyl adjacent to an activating group) is 2. The molecule has 0 saturated heterocycles. The molecule has 0 radical (unpaired) electrons. The first-order valence-electron chi connectivity index (χ1n) is 18.9. The largest absolute Gasteiger partial charge is 0.481 e. The minimum Gasteiger partial charge on any atom is -0.481 e. The lowest BCUT2D eigenvalue weighted by molar-refractivity contribution is -0.126. The van der Waals surface area contributed by atoms with Crippen molar-refractivity contribution in [2.45, 2.75) is 24.9 Å². The molecule has 1 aliphatic heterocycles. The van der Waals surface area contributed by atoms with Crippen molar-refractivity contribution < 1.29 is 54.6 Å². The van der Waals surface area contributed by atoms with E-state index in [1.807, 2.05) is 0 Å². The minimum atomic E-state index is -4.75. The Morgan fingerprint density at radius 1 is 0.619 bits per heavy atom. The number of hydrogen-bond acceptors (Lipinski definition) is 10. The van der Waals surface area contributed by atoms with Crippen molar-refractivity contribution in [2.75, 3.05) is 59.8 Å². The van der Waals surface area contributed by atoms with Crippen LogP contribution >= 0.6 is 0 Å². The number of rotatable bonds is 16. The normalized spacial score (nSPS) is 13.7. The number of nitrogens with zero attached hydrogens (tertiary/aromatic N) is 6. The second-order valence-corrected chi connectivity index (χ2v) is 15.9. The Hall–Kier alpha value is -7.29. The van der Waals surface area contributed by atoms with Crippen molar-refractivity contribution >= 4 is 56.6 Å². The molecule has 330 valence electrons. The van der Waals surface area contributed by atoms with Crippen molar-refractivity contribution in [3.05, 3.63) is 132 Å². The molecule has 4 amide bonds. The van der Waals surface area contributed by atoms with Crippen molar-refractivity contribution in [1.82, 2.24) is 20.6 Å². The van der Waals surface area contributed by atoms with Crippen LogP contribution in [-0.4, -0.2) is 95.5 Å². The predicted molar refractivity (Wildman–Crippen MR) is 222 cm³/mol. The minimum absolute atomic E-state index is 0.00918. The van der Waals surface area contributed by atoms with Gasteiger partial charge in [-0.25, -0.2) is 36.1 Å². The fourth-order valence-electron chi connectivity index (χ4n) is 6.76. The molecular formula is C42H40F4N8O8S. The zero-order valence-electron chi connectivity index (χ0n) is 34.1. The lowest BCUT2D eigenvalue weighted by Gasteiger charge is -2.27. The molecule has 0 saturated carbocycles. The van der Waals surface area contributed by atoms with Gasteiger partial charge in [0.25, 0.3) is 0 Å². The van der Waals surface area contributed by atoms with Crippen molar-refractivity contribution in [3.63, 3.8) is 0 Å². The van der Waals surface area contributed by atoms with Gasteiger partial charge in [0, 0.05) is 51.2 Å². The number of hydrogen-bond donors (Lipinski definition) is 2. The topological polar surface area (TPSA) is 184 Å². The van der Waals surface area contributed by atoms with E-state index in [0.29, 0.717) is 20.7 Å². The van der Waals surface area contributed by atoms with E-state index in [0.717, 1.165) is 34.1 Å². The number of para-hydroxylation sites is 2. The highest BCUT2D eigenvalue weighted by Crippen LogP contribution is 2.40. The molecule has 3 heterocycles. The highest BCUT2D eigenvalue weighted by atomic mass is 32.2. The number of halogens is 4. The summed E-state index contributed by atoms with van der Waals surface area (Å²) in [4.78, 5) is 65.8. The van der Waals surface area contributed by atoms with Crippen LogP contribution in [0.25, 0.3) is 0 Å². The summed E-state index contributed by atoms with van der Waals surface area (Å²) in [6, 6.07) is 14.0. The zero-order valence-corrected chi connectivity index (χ0v) is 34.9. The smallest absolute Gasteiger partial charge is 0.327 e. The Balaban J connectivity index is 1.23. The standard InChI is InChI=1S/C42H40F4N8O8S/c1-51(31-9-11-39(61-3)47-21-31)41(57)33(17-25-13-27(43)19-28(44)14-25)49-37(55)23-53-35-7-5-6-8-36(35)54(63(53,59)60)24-38(56)50-34(18-26-15-29(45)20-30(46)16-26)42(58)52(2)32-10-12-40(62-4)48-22-32/h5-16,19-22,33-34H,17-18,23-24H2,1-4H3,(H,49,55)(H,50,56)/t33-,34-/m0/s1. The van der Waals surface area contributed by atoms with Gasteiger partial charge in [-0.15, -0.1) is 0 Å². The van der Waals surface area contributed by atoms with E-state index >= 15 is 0 Å². The number of fused-ring (bicyclic) bond motifs is 1. The number of ether oxygens (including phenoxy) is 2. The van der Waals surface area contributed by atoms with Crippen LogP contribution in [0.5, 0.6) is 11.8 Å². The second-order valence-electron chi connectivity index (χ2n) is 14.1. The molecule has 0 fully saturated rings. The van der Waals surface area contributed by atoms with E-state index in [-0.39, 0.29) is 45.6 Å². The Labute approximate surface area is 359 Å². The average molecular weight is 893 g/mol. The van der Waals surface area contributed by atoms with Gasteiger partial charge in [0.05, 0.1) is 49.4 Å². The summed E-state index contributed by atoms with van der Waals surface area (Å²) < 4.78 is 96.9. The van der Waals surface area contributed by atoms with Gasteiger partial charge in [0.1, 0.15) is 48.4 Å². The number of anilines is 4. The van der Waals surface area contributed by atoms with Crippen LogP contribution in [-0.2, 0) is 42.2 Å². The van der Waals surface area contributed by atoms with Gasteiger partial charge in [-0.2, -0.15) is 8.42 Å². The molecule has 63 heavy (non-hydrogen) atoms. The summed E-state index contributed by atoms with van der Waals surface area (Å²) in [5.41, 5.74) is 0.515. The predicted octanol–water partition coefficient (Wildman–Crippen LogP) is 3.70. The van der Waals surface area contributed by atoms with Gasteiger partial charge in [0.2, 0.25) is 35.4 Å². The van der Waals surface area contributed by atoms with E-state index in [2.05, 4.69) is 20.6 Å². The van der Waals surface area contributed by atoms with Gasteiger partial charge >= 0.3 is 10.2 Å². The van der Waals surface area contributed by atoms with E-state index in [9.17, 15) is 45.2 Å². The molecule has 1 aliphatic rings. The molecule has 2 aromatic heterocycles. The molecular weight excluding hydrogens is 853 g/mol. The van der Waals surface area contributed by atoms with Crippen molar-refractivity contribution in [1.29, 1.82) is 0 Å². The van der Waals surface area contributed by atoms with Crippen LogP contribution in [0.3, 0.4) is 0 Å². The highest BCUT2D eigenvalue weighted by molar-refractivity contribution is 7.94. The summed E-state index contributed by atoms with van der Waals surface area (Å²) in [7, 11) is 0.810. The molecule has 0 aliphatic carbocycles. The van der Waals surface area contributed by atoms with Crippen LogP contribution < -0.4 is 38.5 Å². The average Bonchev–Trinajstić information content (AvgIpc) is 3.45. The van der Waals surface area contributed by atoms with Crippen LogP contribution in [0.15, 0.2) is 97.3 Å². The summed E-state index contributed by atoms with van der Waals surface area (Å²) in [5.74, 6) is -6.72. The lowest BCUT2D eigenvalue weighted by Crippen LogP contribution is -2.53. The maximum absolute atomic E-state index is 14.2. The molecule has 0 bridgehead atoms. The molecule has 21 heteroatoms. The molecule has 2 N–H and O–H groups in total. The molecule has 5 aromatic rings. The number of nitrogens with one attached hydrogen (secondary N) is 2. The monoisotopic (exact) mass is 892 g/mol. The van der Waals surface area contributed by atoms with Gasteiger partial charge in [-0.3, -0.25) is 19.2 Å². The Kier molecular flexibility index (Phi) is 13.8. The number of methoxy groups -OCH3 is 2. The molecule has 16 nitrogen and oxygen atoms in total. The molecule has 0 unspecified atom stereocenters. The number of pyridine rings is 2. The number of benzene rings is 3. The maximum atomic E-state index is 14.2. The zero-order chi connectivity index (χ0) is 45.6. The fourth-order valence-corrected chi connectivity index (χ4v) is 8.37. The Morgan fingerprint density at radius 2 is 0.984 bits per heavy atom. The summed E-state index contributed by atoms with van der Waals surface area (Å²) in [5, 5.41) is 5.00.